The quantitative estimate of drug-likeness (QED) is 0.497. The van der Waals surface area contributed by atoms with Gasteiger partial charge in [-0.15, -0.1) is 11.3 Å². The summed E-state index contributed by atoms with van der Waals surface area (Å²) in [5.41, 5.74) is 3.61. The normalized spacial score (nSPS) is 11.8. The van der Waals surface area contributed by atoms with Gasteiger partial charge in [0.25, 0.3) is 0 Å². The van der Waals surface area contributed by atoms with Crippen LogP contribution in [0, 0.1) is 11.3 Å². The number of hydrogen-bond acceptors (Lipinski definition) is 5. The molecule has 1 heterocycles. The van der Waals surface area contributed by atoms with Gasteiger partial charge in [-0.3, -0.25) is 4.99 Å². The standard InChI is InChI=1S/C20H18N4OS/c1-25-12-11-22-20-24(19(15-26-20)18-5-3-2-4-6-18)23-14-17-9-7-16(13-21)8-10-17/h2-10,14-15H,11-12H2,1H3/b22-20?,23-14-. The maximum Gasteiger partial charge on any atom is 0.206 e. The summed E-state index contributed by atoms with van der Waals surface area (Å²) in [6.45, 7) is 1.15. The zero-order valence-corrected chi connectivity index (χ0v) is 15.2. The zero-order valence-electron chi connectivity index (χ0n) is 14.4. The fraction of sp³-hybridized carbons (Fsp3) is 0.150. The Hall–Kier alpha value is -3.01. The monoisotopic (exact) mass is 362 g/mol. The molecule has 3 aromatic rings. The van der Waals surface area contributed by atoms with Gasteiger partial charge in [-0.05, 0) is 17.7 Å². The van der Waals surface area contributed by atoms with E-state index >= 15 is 0 Å². The number of rotatable bonds is 6. The third-order valence-electron chi connectivity index (χ3n) is 3.66. The molecule has 0 fully saturated rings. The number of thiazole rings is 1. The molecular weight excluding hydrogens is 344 g/mol. The Bertz CT molecular complexity index is 979. The van der Waals surface area contributed by atoms with E-state index in [1.54, 1.807) is 36.8 Å². The molecule has 26 heavy (non-hydrogen) atoms. The molecule has 0 saturated carbocycles. The summed E-state index contributed by atoms with van der Waals surface area (Å²) >= 11 is 1.55. The van der Waals surface area contributed by atoms with Gasteiger partial charge in [0.1, 0.15) is 0 Å². The van der Waals surface area contributed by atoms with Crippen molar-refractivity contribution in [2.24, 2.45) is 10.1 Å². The van der Waals surface area contributed by atoms with Crippen LogP contribution in [0.1, 0.15) is 11.1 Å². The van der Waals surface area contributed by atoms with E-state index in [0.717, 1.165) is 21.6 Å². The lowest BCUT2D eigenvalue weighted by molar-refractivity contribution is 0.207. The molecule has 130 valence electrons. The van der Waals surface area contributed by atoms with Crippen molar-refractivity contribution in [1.29, 1.82) is 5.26 Å². The lowest BCUT2D eigenvalue weighted by Crippen LogP contribution is -2.13. The van der Waals surface area contributed by atoms with Crippen LogP contribution in [-0.4, -0.2) is 31.2 Å². The molecule has 6 heteroatoms. The fourth-order valence-corrected chi connectivity index (χ4v) is 3.19. The SMILES string of the molecule is COCCN=c1scc(-c2ccccc2)n1/N=C\c1ccc(C#N)cc1. The van der Waals surface area contributed by atoms with Gasteiger partial charge in [0.05, 0.1) is 36.7 Å². The molecule has 2 aromatic carbocycles. The van der Waals surface area contributed by atoms with Crippen molar-refractivity contribution in [3.05, 3.63) is 75.9 Å². The van der Waals surface area contributed by atoms with Crippen molar-refractivity contribution in [2.75, 3.05) is 20.3 Å². The first kappa shape index (κ1) is 17.8. The van der Waals surface area contributed by atoms with Gasteiger partial charge in [-0.2, -0.15) is 10.4 Å². The summed E-state index contributed by atoms with van der Waals surface area (Å²) in [5.74, 6) is 0. The minimum Gasteiger partial charge on any atom is -0.383 e. The Morgan fingerprint density at radius 1 is 1.15 bits per heavy atom. The maximum absolute atomic E-state index is 8.90. The van der Waals surface area contributed by atoms with E-state index in [4.69, 9.17) is 10.00 Å². The number of nitrogens with zero attached hydrogens (tertiary/aromatic N) is 4. The summed E-state index contributed by atoms with van der Waals surface area (Å²) in [7, 11) is 1.66. The van der Waals surface area contributed by atoms with E-state index in [0.29, 0.717) is 18.7 Å². The Balaban J connectivity index is 1.99. The minimum atomic E-state index is 0.567. The fourth-order valence-electron chi connectivity index (χ4n) is 2.33. The minimum absolute atomic E-state index is 0.567. The smallest absolute Gasteiger partial charge is 0.206 e. The highest BCUT2D eigenvalue weighted by Gasteiger charge is 2.06. The summed E-state index contributed by atoms with van der Waals surface area (Å²) in [6.07, 6.45) is 1.77. The predicted octanol–water partition coefficient (Wildman–Crippen LogP) is 3.52. The number of methoxy groups -OCH3 is 1. The molecule has 1 aromatic heterocycles. The highest BCUT2D eigenvalue weighted by Crippen LogP contribution is 2.19. The topological polar surface area (TPSA) is 62.7 Å². The Kier molecular flexibility index (Phi) is 6.09. The van der Waals surface area contributed by atoms with E-state index in [1.807, 2.05) is 35.0 Å². The van der Waals surface area contributed by atoms with E-state index in [9.17, 15) is 0 Å². The molecule has 0 N–H and O–H groups in total. The molecule has 0 aliphatic carbocycles. The van der Waals surface area contributed by atoms with Gasteiger partial charge in [-0.25, -0.2) is 4.68 Å². The van der Waals surface area contributed by atoms with E-state index in [1.165, 1.54) is 0 Å². The largest absolute Gasteiger partial charge is 0.383 e. The second-order valence-corrected chi connectivity index (χ2v) is 6.27. The first-order valence-electron chi connectivity index (χ1n) is 8.12. The van der Waals surface area contributed by atoms with Crippen LogP contribution in [0.4, 0.5) is 0 Å². The van der Waals surface area contributed by atoms with Crippen LogP contribution in [0.15, 0.2) is 70.1 Å². The average Bonchev–Trinajstić information content (AvgIpc) is 3.10. The lowest BCUT2D eigenvalue weighted by atomic mass is 10.2. The first-order chi connectivity index (χ1) is 12.8. The predicted molar refractivity (Wildman–Crippen MR) is 104 cm³/mol. The van der Waals surface area contributed by atoms with Crippen molar-refractivity contribution in [3.8, 4) is 17.3 Å². The number of ether oxygens (including phenoxy) is 1. The Morgan fingerprint density at radius 2 is 1.92 bits per heavy atom. The van der Waals surface area contributed by atoms with Crippen LogP contribution >= 0.6 is 11.3 Å². The van der Waals surface area contributed by atoms with Gasteiger partial charge in [0, 0.05) is 18.1 Å². The number of benzene rings is 2. The second kappa shape index (κ2) is 8.90. The van der Waals surface area contributed by atoms with Crippen molar-refractivity contribution >= 4 is 17.6 Å². The van der Waals surface area contributed by atoms with Gasteiger partial charge < -0.3 is 4.74 Å². The van der Waals surface area contributed by atoms with Crippen LogP contribution in [0.25, 0.3) is 11.3 Å². The molecule has 0 spiro atoms. The Morgan fingerprint density at radius 3 is 2.62 bits per heavy atom. The zero-order chi connectivity index (χ0) is 18.2. The highest BCUT2D eigenvalue weighted by atomic mass is 32.1. The van der Waals surface area contributed by atoms with Crippen molar-refractivity contribution in [2.45, 2.75) is 0 Å². The molecule has 0 unspecified atom stereocenters. The molecule has 0 atom stereocenters. The number of nitriles is 1. The van der Waals surface area contributed by atoms with Crippen LogP contribution in [0.2, 0.25) is 0 Å². The van der Waals surface area contributed by atoms with Crippen molar-refractivity contribution in [1.82, 2.24) is 4.68 Å². The molecule has 0 aliphatic rings. The number of hydrogen-bond donors (Lipinski definition) is 0. The van der Waals surface area contributed by atoms with Crippen LogP contribution < -0.4 is 4.80 Å². The Labute approximate surface area is 156 Å². The van der Waals surface area contributed by atoms with E-state index in [-0.39, 0.29) is 0 Å². The molecule has 0 aliphatic heterocycles. The van der Waals surface area contributed by atoms with Gasteiger partial charge in [-0.1, -0.05) is 42.5 Å². The van der Waals surface area contributed by atoms with Crippen LogP contribution in [-0.2, 0) is 4.74 Å². The molecular formula is C20H18N4OS. The molecule has 5 nitrogen and oxygen atoms in total. The average molecular weight is 362 g/mol. The third kappa shape index (κ3) is 4.33. The van der Waals surface area contributed by atoms with Gasteiger partial charge >= 0.3 is 0 Å². The van der Waals surface area contributed by atoms with E-state index in [2.05, 4.69) is 33.7 Å². The maximum atomic E-state index is 8.90. The summed E-state index contributed by atoms with van der Waals surface area (Å²) in [5, 5.41) is 15.6. The van der Waals surface area contributed by atoms with Crippen molar-refractivity contribution < 1.29 is 4.74 Å². The lowest BCUT2D eigenvalue weighted by Gasteiger charge is -2.03. The molecule has 0 bridgehead atoms. The number of aromatic nitrogens is 1. The highest BCUT2D eigenvalue weighted by molar-refractivity contribution is 7.07. The summed E-state index contributed by atoms with van der Waals surface area (Å²) in [4.78, 5) is 5.39. The molecule has 3 rings (SSSR count). The van der Waals surface area contributed by atoms with Crippen LogP contribution in [0.3, 0.4) is 0 Å². The third-order valence-corrected chi connectivity index (χ3v) is 4.51. The summed E-state index contributed by atoms with van der Waals surface area (Å²) in [6, 6.07) is 19.5. The molecule has 0 amide bonds. The molecule has 0 radical (unpaired) electrons. The summed E-state index contributed by atoms with van der Waals surface area (Å²) < 4.78 is 6.92. The second-order valence-electron chi connectivity index (χ2n) is 5.43. The molecule has 0 saturated heterocycles. The van der Waals surface area contributed by atoms with Gasteiger partial charge in [0.15, 0.2) is 0 Å². The van der Waals surface area contributed by atoms with E-state index < -0.39 is 0 Å². The van der Waals surface area contributed by atoms with Crippen LogP contribution in [0.5, 0.6) is 0 Å². The first-order valence-corrected chi connectivity index (χ1v) is 8.99. The van der Waals surface area contributed by atoms with Gasteiger partial charge in [0.2, 0.25) is 4.80 Å². The van der Waals surface area contributed by atoms with Crippen molar-refractivity contribution in [3.63, 3.8) is 0 Å².